The van der Waals surface area contributed by atoms with E-state index < -0.39 is 0 Å². The molecule has 0 aliphatic carbocycles. The average molecular weight is 493 g/mol. The zero-order valence-corrected chi connectivity index (χ0v) is 21.2. The maximum Gasteiger partial charge on any atom is 0.234 e. The van der Waals surface area contributed by atoms with E-state index in [4.69, 9.17) is 4.74 Å². The fourth-order valence-corrected chi connectivity index (χ4v) is 4.93. The Hall–Kier alpha value is -3.10. The first-order valence-corrected chi connectivity index (χ1v) is 13.2. The zero-order chi connectivity index (χ0) is 23.9. The van der Waals surface area contributed by atoms with Gasteiger partial charge in [0.1, 0.15) is 5.75 Å². The lowest BCUT2D eigenvalue weighted by Gasteiger charge is -2.12. The minimum Gasteiger partial charge on any atom is -0.494 e. The van der Waals surface area contributed by atoms with Gasteiger partial charge in [0.25, 0.3) is 0 Å². The summed E-state index contributed by atoms with van der Waals surface area (Å²) in [6, 6.07) is 19.9. The predicted octanol–water partition coefficient (Wildman–Crippen LogP) is 6.64. The third-order valence-electron chi connectivity index (χ3n) is 5.49. The molecule has 1 amide bonds. The van der Waals surface area contributed by atoms with Crippen LogP contribution in [0.1, 0.15) is 38.7 Å². The van der Waals surface area contributed by atoms with Crippen LogP contribution in [0.15, 0.2) is 71.2 Å². The van der Waals surface area contributed by atoms with Gasteiger partial charge in [0.05, 0.1) is 22.9 Å². The van der Waals surface area contributed by atoms with Gasteiger partial charge in [-0.3, -0.25) is 9.36 Å². The van der Waals surface area contributed by atoms with E-state index in [-0.39, 0.29) is 11.7 Å². The predicted molar refractivity (Wildman–Crippen MR) is 140 cm³/mol. The van der Waals surface area contributed by atoms with Crippen LogP contribution in [-0.2, 0) is 4.79 Å². The number of hydrogen-bond acceptors (Lipinski definition) is 6. The van der Waals surface area contributed by atoms with Gasteiger partial charge >= 0.3 is 0 Å². The molecular weight excluding hydrogens is 464 g/mol. The normalized spacial score (nSPS) is 11.9. The molecule has 0 aliphatic rings. The highest BCUT2D eigenvalue weighted by Crippen LogP contribution is 2.31. The third-order valence-corrected chi connectivity index (χ3v) is 7.28. The van der Waals surface area contributed by atoms with E-state index in [1.54, 1.807) is 11.3 Å². The van der Waals surface area contributed by atoms with Crippen molar-refractivity contribution in [1.29, 1.82) is 0 Å². The number of aromatic nitrogens is 3. The molecule has 0 saturated carbocycles. The zero-order valence-electron chi connectivity index (χ0n) is 19.5. The number of rotatable bonds is 10. The Kier molecular flexibility index (Phi) is 8.03. The Morgan fingerprint density at radius 1 is 1.09 bits per heavy atom. The molecule has 8 heteroatoms. The van der Waals surface area contributed by atoms with Gasteiger partial charge in [0.2, 0.25) is 5.91 Å². The van der Waals surface area contributed by atoms with E-state index in [9.17, 15) is 4.79 Å². The average Bonchev–Trinajstić information content (AvgIpc) is 3.53. The lowest BCUT2D eigenvalue weighted by molar-refractivity contribution is -0.113. The van der Waals surface area contributed by atoms with Crippen LogP contribution in [0.2, 0.25) is 0 Å². The van der Waals surface area contributed by atoms with Crippen LogP contribution in [0.5, 0.6) is 5.75 Å². The highest BCUT2D eigenvalue weighted by atomic mass is 32.2. The van der Waals surface area contributed by atoms with Crippen LogP contribution in [0, 0.1) is 0 Å². The summed E-state index contributed by atoms with van der Waals surface area (Å²) in [5, 5.41) is 14.5. The number of hydrogen-bond donors (Lipinski definition) is 1. The minimum atomic E-state index is -0.0831. The molecule has 1 N–H and O–H groups in total. The van der Waals surface area contributed by atoms with Crippen molar-refractivity contribution in [3.05, 3.63) is 71.6 Å². The van der Waals surface area contributed by atoms with Crippen molar-refractivity contribution in [2.24, 2.45) is 0 Å². The molecule has 2 aromatic carbocycles. The summed E-state index contributed by atoms with van der Waals surface area (Å²) in [7, 11) is 0. The SMILES string of the molecule is CCOc1ccc(-n2c(SCC(=O)Nc3ccc([C@H](C)CC)cc3)nnc2-c2cccs2)cc1. The molecule has 4 aromatic rings. The molecule has 34 heavy (non-hydrogen) atoms. The number of nitrogens with one attached hydrogen (secondary N) is 1. The molecule has 0 saturated heterocycles. The summed E-state index contributed by atoms with van der Waals surface area (Å²) in [5.41, 5.74) is 2.99. The van der Waals surface area contributed by atoms with Gasteiger partial charge in [-0.25, -0.2) is 0 Å². The first-order valence-electron chi connectivity index (χ1n) is 11.3. The fourth-order valence-electron chi connectivity index (χ4n) is 3.48. The minimum absolute atomic E-state index is 0.0831. The van der Waals surface area contributed by atoms with Crippen LogP contribution >= 0.6 is 23.1 Å². The Morgan fingerprint density at radius 2 is 1.85 bits per heavy atom. The Bertz CT molecular complexity index is 1200. The van der Waals surface area contributed by atoms with Crippen molar-refractivity contribution in [2.45, 2.75) is 38.3 Å². The fraction of sp³-hybridized carbons (Fsp3) is 0.269. The van der Waals surface area contributed by atoms with Crippen LogP contribution in [0.4, 0.5) is 5.69 Å². The summed E-state index contributed by atoms with van der Waals surface area (Å²) < 4.78 is 7.56. The second-order valence-electron chi connectivity index (χ2n) is 7.81. The van der Waals surface area contributed by atoms with E-state index in [1.807, 2.05) is 65.4 Å². The number of ether oxygens (including phenoxy) is 1. The second kappa shape index (κ2) is 11.4. The molecule has 4 rings (SSSR count). The van der Waals surface area contributed by atoms with Crippen molar-refractivity contribution >= 4 is 34.7 Å². The monoisotopic (exact) mass is 492 g/mol. The number of thiophene rings is 1. The van der Waals surface area contributed by atoms with Crippen LogP contribution in [-0.4, -0.2) is 33.0 Å². The van der Waals surface area contributed by atoms with Crippen molar-refractivity contribution in [3.8, 4) is 22.1 Å². The Balaban J connectivity index is 1.50. The van der Waals surface area contributed by atoms with Crippen LogP contribution in [0.3, 0.4) is 0 Å². The number of nitrogens with zero attached hydrogens (tertiary/aromatic N) is 3. The Morgan fingerprint density at radius 3 is 2.50 bits per heavy atom. The molecule has 0 spiro atoms. The van der Waals surface area contributed by atoms with Gasteiger partial charge in [0, 0.05) is 5.69 Å². The topological polar surface area (TPSA) is 69.0 Å². The van der Waals surface area contributed by atoms with E-state index in [1.165, 1.54) is 17.3 Å². The highest BCUT2D eigenvalue weighted by Gasteiger charge is 2.18. The van der Waals surface area contributed by atoms with E-state index in [0.29, 0.717) is 17.7 Å². The Labute approximate surface area is 208 Å². The van der Waals surface area contributed by atoms with Gasteiger partial charge in [-0.1, -0.05) is 43.8 Å². The molecule has 0 fully saturated rings. The smallest absolute Gasteiger partial charge is 0.234 e. The highest BCUT2D eigenvalue weighted by molar-refractivity contribution is 7.99. The first kappa shape index (κ1) is 24.0. The first-order chi connectivity index (χ1) is 16.6. The van der Waals surface area contributed by atoms with Crippen molar-refractivity contribution < 1.29 is 9.53 Å². The van der Waals surface area contributed by atoms with Gasteiger partial charge < -0.3 is 10.1 Å². The maximum atomic E-state index is 12.7. The molecule has 6 nitrogen and oxygen atoms in total. The number of thioether (sulfide) groups is 1. The summed E-state index contributed by atoms with van der Waals surface area (Å²) >= 11 is 2.97. The van der Waals surface area contributed by atoms with E-state index in [0.717, 1.165) is 34.2 Å². The van der Waals surface area contributed by atoms with Crippen molar-refractivity contribution in [1.82, 2.24) is 14.8 Å². The molecule has 0 aliphatic heterocycles. The summed E-state index contributed by atoms with van der Waals surface area (Å²) in [4.78, 5) is 13.7. The van der Waals surface area contributed by atoms with E-state index >= 15 is 0 Å². The van der Waals surface area contributed by atoms with Gasteiger partial charge in [-0.15, -0.1) is 21.5 Å². The quantitative estimate of drug-likeness (QED) is 0.251. The molecule has 2 heterocycles. The molecule has 0 bridgehead atoms. The second-order valence-corrected chi connectivity index (χ2v) is 9.70. The van der Waals surface area contributed by atoms with E-state index in [2.05, 4.69) is 41.5 Å². The third kappa shape index (κ3) is 5.69. The maximum absolute atomic E-state index is 12.7. The molecule has 1 atom stereocenters. The summed E-state index contributed by atoms with van der Waals surface area (Å²) in [5.74, 6) is 2.21. The summed E-state index contributed by atoms with van der Waals surface area (Å²) in [6.45, 7) is 6.95. The number of anilines is 1. The van der Waals surface area contributed by atoms with Gasteiger partial charge in [0.15, 0.2) is 11.0 Å². The van der Waals surface area contributed by atoms with Crippen molar-refractivity contribution in [3.63, 3.8) is 0 Å². The molecule has 176 valence electrons. The lowest BCUT2D eigenvalue weighted by Crippen LogP contribution is -2.14. The number of carbonyl (C=O) groups excluding carboxylic acids is 1. The van der Waals surface area contributed by atoms with Gasteiger partial charge in [-0.05, 0) is 72.7 Å². The number of amides is 1. The molecular formula is C26H28N4O2S2. The standard InChI is InChI=1S/C26H28N4O2S2/c1-4-18(3)19-8-10-20(11-9-19)27-24(31)17-34-26-29-28-25(23-7-6-16-33-23)30(26)21-12-14-22(15-13-21)32-5-2/h6-16,18H,4-5,17H2,1-3H3,(H,27,31)/t18-/m1/s1. The number of carbonyl (C=O) groups is 1. The van der Waals surface area contributed by atoms with Crippen LogP contribution in [0.25, 0.3) is 16.4 Å². The lowest BCUT2D eigenvalue weighted by atomic mass is 9.99. The van der Waals surface area contributed by atoms with Gasteiger partial charge in [-0.2, -0.15) is 0 Å². The largest absolute Gasteiger partial charge is 0.494 e. The molecule has 0 radical (unpaired) electrons. The number of benzene rings is 2. The molecule has 2 aromatic heterocycles. The van der Waals surface area contributed by atoms with Crippen molar-refractivity contribution in [2.75, 3.05) is 17.7 Å². The van der Waals surface area contributed by atoms with Crippen LogP contribution < -0.4 is 10.1 Å². The molecule has 0 unspecified atom stereocenters. The summed E-state index contributed by atoms with van der Waals surface area (Å²) in [6.07, 6.45) is 1.09.